The molecule has 0 saturated carbocycles. The molecule has 0 fully saturated rings. The molecule has 0 spiro atoms. The van der Waals surface area contributed by atoms with E-state index in [1.54, 1.807) is 24.1 Å². The van der Waals surface area contributed by atoms with Crippen molar-refractivity contribution in [1.29, 1.82) is 0 Å². The normalized spacial score (nSPS) is 10.7. The topological polar surface area (TPSA) is 58.1 Å². The number of carbonyl (C=O) groups is 1. The van der Waals surface area contributed by atoms with Crippen LogP contribution in [0.5, 0.6) is 0 Å². The molecule has 0 bridgehead atoms. The molecule has 1 amide bonds. The van der Waals surface area contributed by atoms with E-state index in [0.29, 0.717) is 17.4 Å². The lowest BCUT2D eigenvalue weighted by Crippen LogP contribution is -2.28. The highest BCUT2D eigenvalue weighted by atomic mass is 16.2. The first-order valence-corrected chi connectivity index (χ1v) is 8.47. The maximum Gasteiger partial charge on any atom is 0.274 e. The van der Waals surface area contributed by atoms with Crippen molar-refractivity contribution < 1.29 is 4.79 Å². The zero-order valence-corrected chi connectivity index (χ0v) is 14.9. The van der Waals surface area contributed by atoms with Gasteiger partial charge in [0.2, 0.25) is 0 Å². The molecule has 1 aromatic carbocycles. The van der Waals surface area contributed by atoms with Crippen LogP contribution < -0.4 is 5.32 Å². The molecule has 0 aliphatic heterocycles. The molecule has 0 atom stereocenters. The van der Waals surface area contributed by atoms with Crippen LogP contribution in [0.2, 0.25) is 0 Å². The first kappa shape index (κ1) is 17.9. The molecule has 24 heavy (non-hydrogen) atoms. The maximum absolute atomic E-state index is 12.2. The molecule has 1 aromatic heterocycles. The van der Waals surface area contributed by atoms with Crippen molar-refractivity contribution in [2.45, 2.75) is 39.5 Å². The van der Waals surface area contributed by atoms with Crippen molar-refractivity contribution in [2.75, 3.05) is 18.9 Å². The highest BCUT2D eigenvalue weighted by Crippen LogP contribution is 2.19. The molecular weight excluding hydrogens is 300 g/mol. The van der Waals surface area contributed by atoms with Gasteiger partial charge in [0, 0.05) is 19.3 Å². The Kier molecular flexibility index (Phi) is 6.29. The largest absolute Gasteiger partial charge is 0.340 e. The van der Waals surface area contributed by atoms with E-state index in [9.17, 15) is 4.79 Å². The smallest absolute Gasteiger partial charge is 0.274 e. The van der Waals surface area contributed by atoms with Crippen LogP contribution in [0.1, 0.15) is 55.6 Å². The summed E-state index contributed by atoms with van der Waals surface area (Å²) in [7, 11) is 1.79. The van der Waals surface area contributed by atoms with E-state index in [2.05, 4.69) is 48.4 Å². The van der Waals surface area contributed by atoms with Gasteiger partial charge in [0.25, 0.3) is 5.91 Å². The fourth-order valence-corrected chi connectivity index (χ4v) is 2.30. The number of anilines is 2. The number of rotatable bonds is 7. The van der Waals surface area contributed by atoms with Crippen LogP contribution in [0.25, 0.3) is 0 Å². The number of nitrogens with zero attached hydrogens (tertiary/aromatic N) is 3. The predicted molar refractivity (Wildman–Crippen MR) is 97.7 cm³/mol. The predicted octanol–water partition coefficient (Wildman–Crippen LogP) is 4.22. The third-order valence-electron chi connectivity index (χ3n) is 3.93. The van der Waals surface area contributed by atoms with Gasteiger partial charge in [-0.05, 0) is 42.2 Å². The molecule has 1 N–H and O–H groups in total. The number of carbonyl (C=O) groups excluding carboxylic acids is 1. The Balaban J connectivity index is 2.00. The lowest BCUT2D eigenvalue weighted by Gasteiger charge is -2.15. The molecule has 0 unspecified atom stereocenters. The molecule has 5 heteroatoms. The zero-order valence-electron chi connectivity index (χ0n) is 14.9. The number of amides is 1. The van der Waals surface area contributed by atoms with Gasteiger partial charge in [0.15, 0.2) is 11.5 Å². The van der Waals surface area contributed by atoms with Gasteiger partial charge in [-0.3, -0.25) is 4.79 Å². The summed E-state index contributed by atoms with van der Waals surface area (Å²) in [6, 6.07) is 11.7. The monoisotopic (exact) mass is 326 g/mol. The van der Waals surface area contributed by atoms with E-state index in [1.165, 1.54) is 5.56 Å². The SMILES string of the molecule is CCCCN(C)C(=O)c1ccc(Nc2ccc(C(C)C)cc2)nn1. The van der Waals surface area contributed by atoms with E-state index >= 15 is 0 Å². The first-order chi connectivity index (χ1) is 11.5. The second-order valence-electron chi connectivity index (χ2n) is 6.29. The standard InChI is InChI=1S/C19H26N4O/c1-5-6-13-23(4)19(24)17-11-12-18(22-21-17)20-16-9-7-15(8-10-16)14(2)3/h7-12,14H,5-6,13H2,1-4H3,(H,20,22). The molecule has 128 valence electrons. The highest BCUT2D eigenvalue weighted by molar-refractivity contribution is 5.92. The first-order valence-electron chi connectivity index (χ1n) is 8.47. The second-order valence-corrected chi connectivity index (χ2v) is 6.29. The third kappa shape index (κ3) is 4.78. The molecular formula is C19H26N4O. The van der Waals surface area contributed by atoms with Gasteiger partial charge in [0.05, 0.1) is 0 Å². The fourth-order valence-electron chi connectivity index (χ4n) is 2.30. The highest BCUT2D eigenvalue weighted by Gasteiger charge is 2.13. The van der Waals surface area contributed by atoms with E-state index in [0.717, 1.165) is 25.1 Å². The Morgan fingerprint density at radius 1 is 1.12 bits per heavy atom. The number of hydrogen-bond donors (Lipinski definition) is 1. The zero-order chi connectivity index (χ0) is 17.5. The molecule has 0 radical (unpaired) electrons. The molecule has 0 aliphatic rings. The fraction of sp³-hybridized carbons (Fsp3) is 0.421. The average molecular weight is 326 g/mol. The lowest BCUT2D eigenvalue weighted by molar-refractivity contribution is 0.0786. The summed E-state index contributed by atoms with van der Waals surface area (Å²) >= 11 is 0. The van der Waals surface area contributed by atoms with Crippen LogP contribution in [-0.4, -0.2) is 34.6 Å². The van der Waals surface area contributed by atoms with Crippen molar-refractivity contribution in [3.05, 3.63) is 47.7 Å². The van der Waals surface area contributed by atoms with Gasteiger partial charge in [-0.15, -0.1) is 10.2 Å². The minimum Gasteiger partial charge on any atom is -0.340 e. The van der Waals surface area contributed by atoms with Gasteiger partial charge in [-0.2, -0.15) is 0 Å². The van der Waals surface area contributed by atoms with Crippen LogP contribution in [0, 0.1) is 0 Å². The van der Waals surface area contributed by atoms with Gasteiger partial charge < -0.3 is 10.2 Å². The van der Waals surface area contributed by atoms with Gasteiger partial charge in [-0.1, -0.05) is 39.3 Å². The molecule has 5 nitrogen and oxygen atoms in total. The summed E-state index contributed by atoms with van der Waals surface area (Å²) in [4.78, 5) is 13.9. The molecule has 0 aliphatic carbocycles. The number of benzene rings is 1. The molecule has 2 rings (SSSR count). The van der Waals surface area contributed by atoms with E-state index in [4.69, 9.17) is 0 Å². The Morgan fingerprint density at radius 2 is 1.83 bits per heavy atom. The molecule has 2 aromatic rings. The van der Waals surface area contributed by atoms with Gasteiger partial charge >= 0.3 is 0 Å². The Hall–Kier alpha value is -2.43. The summed E-state index contributed by atoms with van der Waals surface area (Å²) < 4.78 is 0. The summed E-state index contributed by atoms with van der Waals surface area (Å²) in [6.07, 6.45) is 2.05. The van der Waals surface area contributed by atoms with Crippen molar-refractivity contribution in [1.82, 2.24) is 15.1 Å². The van der Waals surface area contributed by atoms with Gasteiger partial charge in [0.1, 0.15) is 0 Å². The van der Waals surface area contributed by atoms with Crippen molar-refractivity contribution in [3.63, 3.8) is 0 Å². The van der Waals surface area contributed by atoms with Crippen molar-refractivity contribution >= 4 is 17.4 Å². The molecule has 1 heterocycles. The average Bonchev–Trinajstić information content (AvgIpc) is 2.60. The Bertz CT molecular complexity index is 650. The van der Waals surface area contributed by atoms with Gasteiger partial charge in [-0.25, -0.2) is 0 Å². The number of hydrogen-bond acceptors (Lipinski definition) is 4. The van der Waals surface area contributed by atoms with E-state index < -0.39 is 0 Å². The summed E-state index contributed by atoms with van der Waals surface area (Å²) in [5.74, 6) is 1.04. The number of nitrogens with one attached hydrogen (secondary N) is 1. The van der Waals surface area contributed by atoms with Crippen LogP contribution in [0.15, 0.2) is 36.4 Å². The number of aromatic nitrogens is 2. The number of unbranched alkanes of at least 4 members (excludes halogenated alkanes) is 1. The van der Waals surface area contributed by atoms with E-state index in [-0.39, 0.29) is 5.91 Å². The van der Waals surface area contributed by atoms with E-state index in [1.807, 2.05) is 12.1 Å². The lowest BCUT2D eigenvalue weighted by atomic mass is 10.0. The Morgan fingerprint density at radius 3 is 2.38 bits per heavy atom. The van der Waals surface area contributed by atoms with Crippen molar-refractivity contribution in [3.8, 4) is 0 Å². The van der Waals surface area contributed by atoms with Crippen LogP contribution in [0.4, 0.5) is 11.5 Å². The summed E-state index contributed by atoms with van der Waals surface area (Å²) in [5, 5.41) is 11.4. The quantitative estimate of drug-likeness (QED) is 0.828. The summed E-state index contributed by atoms with van der Waals surface area (Å²) in [5.41, 5.74) is 2.62. The molecule has 0 saturated heterocycles. The minimum atomic E-state index is -0.0937. The third-order valence-corrected chi connectivity index (χ3v) is 3.93. The summed E-state index contributed by atoms with van der Waals surface area (Å²) in [6.45, 7) is 7.17. The van der Waals surface area contributed by atoms with Crippen LogP contribution in [0.3, 0.4) is 0 Å². The maximum atomic E-state index is 12.2. The Labute approximate surface area is 144 Å². The van der Waals surface area contributed by atoms with Crippen LogP contribution in [-0.2, 0) is 0 Å². The second kappa shape index (κ2) is 8.43. The van der Waals surface area contributed by atoms with Crippen molar-refractivity contribution in [2.24, 2.45) is 0 Å². The van der Waals surface area contributed by atoms with Crippen LogP contribution >= 0.6 is 0 Å². The minimum absolute atomic E-state index is 0.0937.